The first-order valence-corrected chi connectivity index (χ1v) is 4.13. The Kier molecular flexibility index (Phi) is 2.49. The average Bonchev–Trinajstić information content (AvgIpc) is 1.85. The minimum absolute atomic E-state index is 0.153. The van der Waals surface area contributed by atoms with Crippen molar-refractivity contribution in [1.82, 2.24) is 10.0 Å². The number of carbonyl (C=O) groups excluding carboxylic acids is 1. The third-order valence-corrected chi connectivity index (χ3v) is 2.21. The monoisotopic (exact) mass is 156 g/mol. The average molecular weight is 156 g/mol. The van der Waals surface area contributed by atoms with Crippen molar-refractivity contribution in [3.63, 3.8) is 0 Å². The molecule has 0 saturated carbocycles. The summed E-state index contributed by atoms with van der Waals surface area (Å²) in [6, 6.07) is 0.381. The Bertz CT molecular complexity index is 148. The summed E-state index contributed by atoms with van der Waals surface area (Å²) >= 11 is 0. The molecule has 1 atom stereocenters. The van der Waals surface area contributed by atoms with Crippen LogP contribution in [0.15, 0.2) is 0 Å². The van der Waals surface area contributed by atoms with Gasteiger partial charge < -0.3 is 0 Å². The molecule has 0 aliphatic carbocycles. The van der Waals surface area contributed by atoms with Crippen molar-refractivity contribution in [3.8, 4) is 0 Å². The molecule has 3 nitrogen and oxygen atoms in total. The first-order chi connectivity index (χ1) is 5.13. The number of hydrogen-bond donors (Lipinski definition) is 0. The largest absolute Gasteiger partial charge is 0.274 e. The van der Waals surface area contributed by atoms with Crippen LogP contribution < -0.4 is 0 Å². The van der Waals surface area contributed by atoms with E-state index in [4.69, 9.17) is 0 Å². The standard InChI is InChI=1S/C8H16N2O/c1-7-5-4-6-9(3)10(7)8(2)11/h7H,4-6H2,1-3H3. The van der Waals surface area contributed by atoms with Crippen LogP contribution in [0.5, 0.6) is 0 Å². The Morgan fingerprint density at radius 3 is 2.55 bits per heavy atom. The lowest BCUT2D eigenvalue weighted by atomic mass is 10.1. The van der Waals surface area contributed by atoms with E-state index in [0.29, 0.717) is 6.04 Å². The van der Waals surface area contributed by atoms with Crippen LogP contribution in [0, 0.1) is 0 Å². The number of hydrazine groups is 1. The third kappa shape index (κ3) is 1.71. The highest BCUT2D eigenvalue weighted by molar-refractivity contribution is 5.73. The zero-order valence-electron chi connectivity index (χ0n) is 7.50. The minimum atomic E-state index is 0.153. The number of nitrogens with zero attached hydrogens (tertiary/aromatic N) is 2. The summed E-state index contributed by atoms with van der Waals surface area (Å²) < 4.78 is 0. The molecule has 0 N–H and O–H groups in total. The molecular weight excluding hydrogens is 140 g/mol. The van der Waals surface area contributed by atoms with Crippen LogP contribution >= 0.6 is 0 Å². The number of carbonyl (C=O) groups is 1. The molecule has 11 heavy (non-hydrogen) atoms. The summed E-state index contributed by atoms with van der Waals surface area (Å²) in [7, 11) is 1.97. The predicted molar refractivity (Wildman–Crippen MR) is 43.8 cm³/mol. The molecule has 1 aliphatic heterocycles. The second-order valence-electron chi connectivity index (χ2n) is 3.24. The zero-order chi connectivity index (χ0) is 8.43. The van der Waals surface area contributed by atoms with Crippen LogP contribution in [0.25, 0.3) is 0 Å². The van der Waals surface area contributed by atoms with Gasteiger partial charge in [-0.05, 0) is 19.8 Å². The van der Waals surface area contributed by atoms with Gasteiger partial charge in [0.2, 0.25) is 5.91 Å². The molecule has 1 amide bonds. The number of rotatable bonds is 0. The molecule has 1 fully saturated rings. The normalized spacial score (nSPS) is 27.2. The van der Waals surface area contributed by atoms with Crippen LogP contribution in [-0.2, 0) is 4.79 Å². The Morgan fingerprint density at radius 1 is 1.55 bits per heavy atom. The fraction of sp³-hybridized carbons (Fsp3) is 0.875. The molecule has 0 bridgehead atoms. The highest BCUT2D eigenvalue weighted by atomic mass is 16.2. The Morgan fingerprint density at radius 2 is 2.18 bits per heavy atom. The summed E-state index contributed by atoms with van der Waals surface area (Å²) in [5.74, 6) is 0.153. The second-order valence-corrected chi connectivity index (χ2v) is 3.24. The molecule has 1 aliphatic rings. The van der Waals surface area contributed by atoms with Gasteiger partial charge in [0.1, 0.15) is 0 Å². The van der Waals surface area contributed by atoms with Crippen molar-refractivity contribution < 1.29 is 4.79 Å². The summed E-state index contributed by atoms with van der Waals surface area (Å²) in [6.45, 7) is 4.72. The van der Waals surface area contributed by atoms with Gasteiger partial charge in [-0.1, -0.05) is 0 Å². The van der Waals surface area contributed by atoms with Crippen molar-refractivity contribution in [2.24, 2.45) is 0 Å². The maximum Gasteiger partial charge on any atom is 0.233 e. The lowest BCUT2D eigenvalue weighted by molar-refractivity contribution is -0.153. The van der Waals surface area contributed by atoms with Crippen LogP contribution in [0.2, 0.25) is 0 Å². The topological polar surface area (TPSA) is 23.6 Å². The smallest absolute Gasteiger partial charge is 0.233 e. The fourth-order valence-electron chi connectivity index (χ4n) is 1.73. The Balaban J connectivity index is 2.62. The summed E-state index contributed by atoms with van der Waals surface area (Å²) in [6.07, 6.45) is 2.32. The van der Waals surface area contributed by atoms with Gasteiger partial charge in [-0.3, -0.25) is 9.80 Å². The van der Waals surface area contributed by atoms with E-state index >= 15 is 0 Å². The number of amides is 1. The van der Waals surface area contributed by atoms with Gasteiger partial charge >= 0.3 is 0 Å². The molecule has 0 aromatic carbocycles. The highest BCUT2D eigenvalue weighted by Crippen LogP contribution is 2.15. The van der Waals surface area contributed by atoms with Crippen molar-refractivity contribution >= 4 is 5.91 Å². The second kappa shape index (κ2) is 3.22. The summed E-state index contributed by atoms with van der Waals surface area (Å²) in [5, 5.41) is 3.85. The van der Waals surface area contributed by atoms with E-state index in [2.05, 4.69) is 6.92 Å². The van der Waals surface area contributed by atoms with E-state index in [1.807, 2.05) is 17.1 Å². The van der Waals surface area contributed by atoms with Gasteiger partial charge in [0.05, 0.1) is 0 Å². The van der Waals surface area contributed by atoms with E-state index < -0.39 is 0 Å². The maximum atomic E-state index is 11.1. The van der Waals surface area contributed by atoms with E-state index in [1.54, 1.807) is 6.92 Å². The van der Waals surface area contributed by atoms with Crippen LogP contribution in [-0.4, -0.2) is 35.6 Å². The van der Waals surface area contributed by atoms with Crippen LogP contribution in [0.4, 0.5) is 0 Å². The fourth-order valence-corrected chi connectivity index (χ4v) is 1.73. The van der Waals surface area contributed by atoms with Crippen molar-refractivity contribution in [1.29, 1.82) is 0 Å². The van der Waals surface area contributed by atoms with E-state index in [0.717, 1.165) is 13.0 Å². The maximum absolute atomic E-state index is 11.1. The van der Waals surface area contributed by atoms with E-state index in [1.165, 1.54) is 6.42 Å². The zero-order valence-corrected chi connectivity index (χ0v) is 7.50. The first-order valence-electron chi connectivity index (χ1n) is 4.13. The third-order valence-electron chi connectivity index (χ3n) is 2.21. The molecule has 0 radical (unpaired) electrons. The predicted octanol–water partition coefficient (Wildman–Crippen LogP) is 0.864. The van der Waals surface area contributed by atoms with Crippen molar-refractivity contribution in [2.45, 2.75) is 32.7 Å². The molecule has 1 heterocycles. The van der Waals surface area contributed by atoms with Crippen molar-refractivity contribution in [2.75, 3.05) is 13.6 Å². The van der Waals surface area contributed by atoms with Crippen LogP contribution in [0.1, 0.15) is 26.7 Å². The molecule has 64 valence electrons. The molecule has 0 aromatic rings. The lowest BCUT2D eigenvalue weighted by Gasteiger charge is -2.40. The van der Waals surface area contributed by atoms with Gasteiger partial charge in [-0.15, -0.1) is 0 Å². The van der Waals surface area contributed by atoms with E-state index in [9.17, 15) is 4.79 Å². The highest BCUT2D eigenvalue weighted by Gasteiger charge is 2.24. The van der Waals surface area contributed by atoms with Gasteiger partial charge in [-0.2, -0.15) is 0 Å². The molecule has 0 spiro atoms. The molecule has 1 unspecified atom stereocenters. The van der Waals surface area contributed by atoms with Crippen molar-refractivity contribution in [3.05, 3.63) is 0 Å². The van der Waals surface area contributed by atoms with Gasteiger partial charge in [0.25, 0.3) is 0 Å². The Hall–Kier alpha value is -0.570. The summed E-state index contributed by atoms with van der Waals surface area (Å²) in [5.41, 5.74) is 0. The first kappa shape index (κ1) is 8.53. The molecule has 0 aromatic heterocycles. The van der Waals surface area contributed by atoms with Crippen LogP contribution in [0.3, 0.4) is 0 Å². The Labute approximate surface area is 67.9 Å². The molecule has 1 rings (SSSR count). The van der Waals surface area contributed by atoms with E-state index in [-0.39, 0.29) is 5.91 Å². The number of hydrogen-bond acceptors (Lipinski definition) is 2. The quantitative estimate of drug-likeness (QED) is 0.519. The molecule has 3 heteroatoms. The molecule has 1 saturated heterocycles. The van der Waals surface area contributed by atoms with Gasteiger partial charge in [-0.25, -0.2) is 5.01 Å². The summed E-state index contributed by atoms with van der Waals surface area (Å²) in [4.78, 5) is 11.1. The van der Waals surface area contributed by atoms with Gasteiger partial charge in [0.15, 0.2) is 0 Å². The van der Waals surface area contributed by atoms with Gasteiger partial charge in [0, 0.05) is 26.6 Å². The SMILES string of the molecule is CC(=O)N1C(C)CCCN1C. The molecular formula is C8H16N2O. The lowest BCUT2D eigenvalue weighted by Crippen LogP contribution is -2.51. The minimum Gasteiger partial charge on any atom is -0.274 e.